The zero-order valence-electron chi connectivity index (χ0n) is 16.4. The summed E-state index contributed by atoms with van der Waals surface area (Å²) in [6.07, 6.45) is 6.71. The number of fused-ring (bicyclic) bond motifs is 1. The molecular formula is C22H26N2O5. The Hall–Kier alpha value is -2.83. The van der Waals surface area contributed by atoms with Gasteiger partial charge in [-0.25, -0.2) is 4.79 Å². The Morgan fingerprint density at radius 2 is 1.86 bits per heavy atom. The lowest BCUT2D eigenvalue weighted by Crippen LogP contribution is -2.51. The summed E-state index contributed by atoms with van der Waals surface area (Å²) in [5.41, 5.74) is 0.520. The van der Waals surface area contributed by atoms with Crippen molar-refractivity contribution in [3.8, 4) is 0 Å². The van der Waals surface area contributed by atoms with Crippen molar-refractivity contribution < 1.29 is 23.9 Å². The lowest BCUT2D eigenvalue weighted by molar-refractivity contribution is -0.152. The number of nitrogens with one attached hydrogen (secondary N) is 1. The Labute approximate surface area is 170 Å². The number of Topliss-reactive ketones (excluding diaryl/α,β-unsaturated/α-hetero) is 1. The number of rotatable bonds is 5. The third-order valence-corrected chi connectivity index (χ3v) is 5.98. The van der Waals surface area contributed by atoms with Crippen LogP contribution in [0.4, 0.5) is 5.69 Å². The Kier molecular flexibility index (Phi) is 5.83. The van der Waals surface area contributed by atoms with Gasteiger partial charge in [-0.15, -0.1) is 0 Å². The first-order valence-corrected chi connectivity index (χ1v) is 10.3. The molecule has 1 N–H and O–H groups in total. The lowest BCUT2D eigenvalue weighted by atomic mass is 9.78. The molecule has 0 unspecified atom stereocenters. The second kappa shape index (κ2) is 8.68. The summed E-state index contributed by atoms with van der Waals surface area (Å²) in [4.78, 5) is 39.3. The number of ether oxygens (including phenoxy) is 2. The van der Waals surface area contributed by atoms with E-state index in [1.807, 2.05) is 23.1 Å². The highest BCUT2D eigenvalue weighted by atomic mass is 16.5. The van der Waals surface area contributed by atoms with Crippen molar-refractivity contribution >= 4 is 23.3 Å². The zero-order valence-corrected chi connectivity index (χ0v) is 16.4. The summed E-state index contributed by atoms with van der Waals surface area (Å²) in [5.74, 6) is -0.822. The van der Waals surface area contributed by atoms with Crippen molar-refractivity contribution in [3.05, 3.63) is 41.8 Å². The van der Waals surface area contributed by atoms with Crippen molar-refractivity contribution in [1.82, 2.24) is 4.90 Å². The standard InChI is InChI=1S/C22H26N2O5/c25-18-13-28-21(23-16-9-2-1-3-10-16)20(18)22(27)29-14-19(26)24-12-6-8-15-7-4-5-11-17(15)24/h1-3,9-10,15,17,23H,4-8,11-14H2/t15-,17-/m1/s1. The number of ketones is 1. The van der Waals surface area contributed by atoms with Crippen LogP contribution in [0.25, 0.3) is 0 Å². The number of hydrogen-bond acceptors (Lipinski definition) is 6. The van der Waals surface area contributed by atoms with Crippen molar-refractivity contribution in [3.63, 3.8) is 0 Å². The molecule has 29 heavy (non-hydrogen) atoms. The minimum atomic E-state index is -0.823. The minimum Gasteiger partial charge on any atom is -0.470 e. The van der Waals surface area contributed by atoms with Gasteiger partial charge in [-0.3, -0.25) is 9.59 Å². The fourth-order valence-corrected chi connectivity index (χ4v) is 4.58. The van der Waals surface area contributed by atoms with Crippen LogP contribution in [0.2, 0.25) is 0 Å². The molecule has 1 saturated heterocycles. The molecule has 1 aromatic rings. The maximum Gasteiger partial charge on any atom is 0.347 e. The Balaban J connectivity index is 1.39. The molecule has 0 bridgehead atoms. The number of benzene rings is 1. The Morgan fingerprint density at radius 3 is 2.69 bits per heavy atom. The fourth-order valence-electron chi connectivity index (χ4n) is 4.58. The third kappa shape index (κ3) is 4.28. The maximum atomic E-state index is 12.7. The summed E-state index contributed by atoms with van der Waals surface area (Å²) in [7, 11) is 0. The summed E-state index contributed by atoms with van der Waals surface area (Å²) in [6.45, 7) is 0.143. The molecule has 1 saturated carbocycles. The van der Waals surface area contributed by atoms with Gasteiger partial charge in [0.15, 0.2) is 18.8 Å². The fraction of sp³-hybridized carbons (Fsp3) is 0.500. The van der Waals surface area contributed by atoms with Gasteiger partial charge in [0.2, 0.25) is 11.7 Å². The van der Waals surface area contributed by atoms with E-state index in [1.165, 1.54) is 19.3 Å². The molecule has 1 aliphatic carbocycles. The molecule has 2 fully saturated rings. The molecule has 2 heterocycles. The highest BCUT2D eigenvalue weighted by Gasteiger charge is 2.37. The van der Waals surface area contributed by atoms with E-state index in [2.05, 4.69) is 5.32 Å². The van der Waals surface area contributed by atoms with Crippen LogP contribution in [0, 0.1) is 5.92 Å². The van der Waals surface area contributed by atoms with E-state index in [1.54, 1.807) is 12.1 Å². The van der Waals surface area contributed by atoms with Crippen LogP contribution in [0.15, 0.2) is 41.8 Å². The number of esters is 1. The van der Waals surface area contributed by atoms with E-state index in [4.69, 9.17) is 9.47 Å². The van der Waals surface area contributed by atoms with Gasteiger partial charge in [-0.1, -0.05) is 31.0 Å². The molecule has 4 rings (SSSR count). The first-order valence-electron chi connectivity index (χ1n) is 10.3. The van der Waals surface area contributed by atoms with Crippen molar-refractivity contribution in [2.75, 3.05) is 25.1 Å². The SMILES string of the molecule is O=C1COC(Nc2ccccc2)=C1C(=O)OCC(=O)N1CCC[C@H]2CCCC[C@H]21. The summed E-state index contributed by atoms with van der Waals surface area (Å²) < 4.78 is 10.5. The number of para-hydroxylation sites is 1. The number of carbonyl (C=O) groups excluding carboxylic acids is 3. The van der Waals surface area contributed by atoms with Gasteiger partial charge in [-0.05, 0) is 43.7 Å². The largest absolute Gasteiger partial charge is 0.470 e. The van der Waals surface area contributed by atoms with E-state index in [0.717, 1.165) is 19.3 Å². The molecule has 7 heteroatoms. The number of anilines is 1. The first kappa shape index (κ1) is 19.5. The predicted octanol–water partition coefficient (Wildman–Crippen LogP) is 2.63. The van der Waals surface area contributed by atoms with Gasteiger partial charge in [0.05, 0.1) is 0 Å². The summed E-state index contributed by atoms with van der Waals surface area (Å²) >= 11 is 0. The number of piperidine rings is 1. The second-order valence-electron chi connectivity index (χ2n) is 7.82. The highest BCUT2D eigenvalue weighted by molar-refractivity contribution is 6.20. The summed E-state index contributed by atoms with van der Waals surface area (Å²) in [6, 6.07) is 9.36. The molecule has 1 aromatic carbocycles. The van der Waals surface area contributed by atoms with Gasteiger partial charge in [0.25, 0.3) is 5.91 Å². The number of amides is 1. The monoisotopic (exact) mass is 398 g/mol. The van der Waals surface area contributed by atoms with Crippen LogP contribution < -0.4 is 5.32 Å². The maximum absolute atomic E-state index is 12.7. The van der Waals surface area contributed by atoms with Crippen molar-refractivity contribution in [2.45, 2.75) is 44.6 Å². The number of nitrogens with zero attached hydrogens (tertiary/aromatic N) is 1. The smallest absolute Gasteiger partial charge is 0.347 e. The third-order valence-electron chi connectivity index (χ3n) is 5.98. The van der Waals surface area contributed by atoms with E-state index in [9.17, 15) is 14.4 Å². The van der Waals surface area contributed by atoms with Crippen LogP contribution in [-0.4, -0.2) is 48.4 Å². The van der Waals surface area contributed by atoms with E-state index in [0.29, 0.717) is 18.2 Å². The van der Waals surface area contributed by atoms with Gasteiger partial charge in [-0.2, -0.15) is 0 Å². The molecule has 3 aliphatic rings. The molecule has 2 aliphatic heterocycles. The average molecular weight is 398 g/mol. The molecular weight excluding hydrogens is 372 g/mol. The van der Waals surface area contributed by atoms with Crippen LogP contribution in [0.1, 0.15) is 38.5 Å². The van der Waals surface area contributed by atoms with Crippen LogP contribution in [-0.2, 0) is 23.9 Å². The van der Waals surface area contributed by atoms with Gasteiger partial charge < -0.3 is 19.7 Å². The molecule has 0 aromatic heterocycles. The molecule has 154 valence electrons. The van der Waals surface area contributed by atoms with Crippen LogP contribution in [0.3, 0.4) is 0 Å². The average Bonchev–Trinajstić information content (AvgIpc) is 3.12. The second-order valence-corrected chi connectivity index (χ2v) is 7.82. The molecule has 2 atom stereocenters. The van der Waals surface area contributed by atoms with Crippen molar-refractivity contribution in [2.24, 2.45) is 5.92 Å². The van der Waals surface area contributed by atoms with Gasteiger partial charge >= 0.3 is 5.97 Å². The molecule has 1 amide bonds. The van der Waals surface area contributed by atoms with E-state index < -0.39 is 11.8 Å². The van der Waals surface area contributed by atoms with E-state index >= 15 is 0 Å². The van der Waals surface area contributed by atoms with Gasteiger partial charge in [0, 0.05) is 18.3 Å². The lowest BCUT2D eigenvalue weighted by Gasteiger charge is -2.44. The molecule has 0 spiro atoms. The van der Waals surface area contributed by atoms with Crippen LogP contribution in [0.5, 0.6) is 0 Å². The first-order chi connectivity index (χ1) is 14.1. The Bertz CT molecular complexity index is 818. The predicted molar refractivity (Wildman–Crippen MR) is 106 cm³/mol. The topological polar surface area (TPSA) is 84.9 Å². The van der Waals surface area contributed by atoms with Gasteiger partial charge in [0.1, 0.15) is 0 Å². The normalized spacial score (nSPS) is 24.0. The molecule has 7 nitrogen and oxygen atoms in total. The summed E-state index contributed by atoms with van der Waals surface area (Å²) in [5, 5.41) is 2.93. The quantitative estimate of drug-likeness (QED) is 0.606. The number of hydrogen-bond donors (Lipinski definition) is 1. The minimum absolute atomic E-state index is 0.0731. The van der Waals surface area contributed by atoms with Crippen LogP contribution >= 0.6 is 0 Å². The Morgan fingerprint density at radius 1 is 1.10 bits per heavy atom. The van der Waals surface area contributed by atoms with E-state index in [-0.39, 0.29) is 36.6 Å². The molecule has 0 radical (unpaired) electrons. The number of carbonyl (C=O) groups is 3. The zero-order chi connectivity index (χ0) is 20.2. The number of likely N-dealkylation sites (tertiary alicyclic amines) is 1. The highest BCUT2D eigenvalue weighted by Crippen LogP contribution is 2.35. The van der Waals surface area contributed by atoms with Crippen molar-refractivity contribution in [1.29, 1.82) is 0 Å².